The molecule has 0 aliphatic heterocycles. The van der Waals surface area contributed by atoms with Crippen LogP contribution < -0.4 is 10.6 Å². The zero-order valence-corrected chi connectivity index (χ0v) is 14.4. The number of nitrogens with zero attached hydrogens (tertiary/aromatic N) is 2. The van der Waals surface area contributed by atoms with Gasteiger partial charge in [-0.2, -0.15) is 4.98 Å². The Kier molecular flexibility index (Phi) is 5.33. The van der Waals surface area contributed by atoms with Crippen LogP contribution in [0.1, 0.15) is 55.9 Å². The van der Waals surface area contributed by atoms with Crippen LogP contribution >= 0.6 is 0 Å². The fraction of sp³-hybridized carbons (Fsp3) is 0.500. The summed E-state index contributed by atoms with van der Waals surface area (Å²) in [5, 5.41) is 19.8. The summed E-state index contributed by atoms with van der Waals surface area (Å²) >= 11 is 0. The van der Waals surface area contributed by atoms with Gasteiger partial charge in [-0.05, 0) is 31.2 Å². The summed E-state index contributed by atoms with van der Waals surface area (Å²) in [6, 6.07) is 8.63. The molecule has 3 rings (SSSR count). The van der Waals surface area contributed by atoms with Crippen LogP contribution in [0.2, 0.25) is 0 Å². The molecule has 2 aromatic rings. The average molecular weight is 344 g/mol. The van der Waals surface area contributed by atoms with Crippen molar-refractivity contribution >= 4 is 6.03 Å². The average Bonchev–Trinajstić information content (AvgIpc) is 3.05. The summed E-state index contributed by atoms with van der Waals surface area (Å²) in [5.74, 6) is 0.983. The Hall–Kier alpha value is -2.41. The fourth-order valence-corrected chi connectivity index (χ4v) is 2.83. The first-order valence-electron chi connectivity index (χ1n) is 8.74. The first kappa shape index (κ1) is 17.4. The first-order valence-corrected chi connectivity index (χ1v) is 8.74. The second kappa shape index (κ2) is 7.65. The number of aryl methyl sites for hydroxylation is 1. The molecule has 1 aromatic heterocycles. The Morgan fingerprint density at radius 1 is 1.36 bits per heavy atom. The van der Waals surface area contributed by atoms with E-state index in [4.69, 9.17) is 4.52 Å². The van der Waals surface area contributed by atoms with Gasteiger partial charge < -0.3 is 20.3 Å². The molecule has 0 radical (unpaired) electrons. The number of aromatic nitrogens is 2. The van der Waals surface area contributed by atoms with Crippen LogP contribution in [0.15, 0.2) is 34.9 Å². The van der Waals surface area contributed by atoms with Gasteiger partial charge in [-0.3, -0.25) is 0 Å². The Morgan fingerprint density at radius 3 is 2.76 bits per heavy atom. The fourth-order valence-electron chi connectivity index (χ4n) is 2.83. The number of amides is 2. The summed E-state index contributed by atoms with van der Waals surface area (Å²) < 4.78 is 5.26. The molecule has 0 spiro atoms. The number of hydrogen-bond donors (Lipinski definition) is 3. The quantitative estimate of drug-likeness (QED) is 0.716. The lowest BCUT2D eigenvalue weighted by molar-refractivity contribution is -0.0290. The van der Waals surface area contributed by atoms with Gasteiger partial charge in [0.05, 0.1) is 5.60 Å². The predicted molar refractivity (Wildman–Crippen MR) is 91.9 cm³/mol. The number of carbonyl (C=O) groups is 1. The minimum atomic E-state index is -0.764. The molecule has 1 aromatic carbocycles. The third-order valence-electron chi connectivity index (χ3n) is 4.48. The van der Waals surface area contributed by atoms with Crippen LogP contribution in [0, 0.1) is 0 Å². The standard InChI is InChI=1S/C18H24N4O3/c1-2-7-14-20-16(22-25-14)15(13-8-4-3-5-9-13)21-17(23)19-12-18(24)10-6-11-18/h3-5,8-9,15,24H,2,6-7,10-12H2,1H3,(H2,19,21,23). The zero-order valence-electron chi connectivity index (χ0n) is 14.4. The number of hydrogen-bond acceptors (Lipinski definition) is 5. The third kappa shape index (κ3) is 4.36. The topological polar surface area (TPSA) is 100 Å². The maximum Gasteiger partial charge on any atom is 0.315 e. The summed E-state index contributed by atoms with van der Waals surface area (Å²) in [7, 11) is 0. The minimum absolute atomic E-state index is 0.244. The van der Waals surface area contributed by atoms with E-state index in [0.29, 0.717) is 18.1 Å². The highest BCUT2D eigenvalue weighted by atomic mass is 16.5. The van der Waals surface area contributed by atoms with Gasteiger partial charge in [-0.15, -0.1) is 0 Å². The number of nitrogens with one attached hydrogen (secondary N) is 2. The van der Waals surface area contributed by atoms with Gasteiger partial charge in [0.15, 0.2) is 5.82 Å². The lowest BCUT2D eigenvalue weighted by Gasteiger charge is -2.36. The highest BCUT2D eigenvalue weighted by molar-refractivity contribution is 5.75. The third-order valence-corrected chi connectivity index (χ3v) is 4.48. The van der Waals surface area contributed by atoms with Crippen LogP contribution in [0.3, 0.4) is 0 Å². The number of carbonyl (C=O) groups excluding carboxylic acids is 1. The molecular weight excluding hydrogens is 320 g/mol. The molecule has 1 aliphatic rings. The molecule has 1 aliphatic carbocycles. The van der Waals surface area contributed by atoms with Crippen molar-refractivity contribution in [2.24, 2.45) is 0 Å². The molecule has 1 fully saturated rings. The Balaban J connectivity index is 1.70. The van der Waals surface area contributed by atoms with E-state index < -0.39 is 11.6 Å². The molecule has 0 saturated heterocycles. The van der Waals surface area contributed by atoms with Crippen LogP contribution in [0.25, 0.3) is 0 Å². The zero-order chi connectivity index (χ0) is 17.7. The Morgan fingerprint density at radius 2 is 2.12 bits per heavy atom. The van der Waals surface area contributed by atoms with Crippen molar-refractivity contribution in [3.05, 3.63) is 47.6 Å². The Labute approximate surface area is 146 Å². The van der Waals surface area contributed by atoms with Crippen molar-refractivity contribution in [3.63, 3.8) is 0 Å². The van der Waals surface area contributed by atoms with E-state index in [2.05, 4.69) is 20.8 Å². The van der Waals surface area contributed by atoms with Gasteiger partial charge in [0.1, 0.15) is 6.04 Å². The molecule has 1 heterocycles. The van der Waals surface area contributed by atoms with Gasteiger partial charge in [0.2, 0.25) is 5.89 Å². The summed E-state index contributed by atoms with van der Waals surface area (Å²) in [6.07, 6.45) is 4.05. The second-order valence-corrected chi connectivity index (χ2v) is 6.54. The molecule has 3 N–H and O–H groups in total. The van der Waals surface area contributed by atoms with E-state index in [-0.39, 0.29) is 12.6 Å². The largest absolute Gasteiger partial charge is 0.388 e. The molecule has 1 atom stereocenters. The number of urea groups is 1. The molecule has 1 unspecified atom stereocenters. The number of rotatable bonds is 7. The van der Waals surface area contributed by atoms with Crippen molar-refractivity contribution in [2.45, 2.75) is 50.7 Å². The van der Waals surface area contributed by atoms with E-state index in [1.54, 1.807) is 0 Å². The van der Waals surface area contributed by atoms with Gasteiger partial charge in [0.25, 0.3) is 0 Å². The molecule has 7 heteroatoms. The van der Waals surface area contributed by atoms with Crippen LogP contribution in [0.5, 0.6) is 0 Å². The molecule has 2 amide bonds. The maximum atomic E-state index is 12.3. The first-order chi connectivity index (χ1) is 12.1. The Bertz CT molecular complexity index is 697. The lowest BCUT2D eigenvalue weighted by Crippen LogP contribution is -2.50. The molecule has 25 heavy (non-hydrogen) atoms. The van der Waals surface area contributed by atoms with E-state index in [0.717, 1.165) is 31.2 Å². The monoisotopic (exact) mass is 344 g/mol. The molecule has 134 valence electrons. The summed E-state index contributed by atoms with van der Waals surface area (Å²) in [5.41, 5.74) is 0.101. The lowest BCUT2D eigenvalue weighted by atomic mass is 9.80. The van der Waals surface area contributed by atoms with Gasteiger partial charge >= 0.3 is 6.03 Å². The van der Waals surface area contributed by atoms with E-state index in [9.17, 15) is 9.90 Å². The minimum Gasteiger partial charge on any atom is -0.388 e. The molecule has 7 nitrogen and oxygen atoms in total. The van der Waals surface area contributed by atoms with Gasteiger partial charge in [-0.25, -0.2) is 4.79 Å². The smallest absolute Gasteiger partial charge is 0.315 e. The predicted octanol–water partition coefficient (Wildman–Crippen LogP) is 2.33. The molecular formula is C18H24N4O3. The van der Waals surface area contributed by atoms with E-state index >= 15 is 0 Å². The van der Waals surface area contributed by atoms with Crippen LogP contribution in [0.4, 0.5) is 4.79 Å². The van der Waals surface area contributed by atoms with Crippen molar-refractivity contribution in [1.82, 2.24) is 20.8 Å². The highest BCUT2D eigenvalue weighted by Crippen LogP contribution is 2.30. The normalized spacial score (nSPS) is 16.7. The molecule has 1 saturated carbocycles. The van der Waals surface area contributed by atoms with Crippen molar-refractivity contribution in [2.75, 3.05) is 6.54 Å². The summed E-state index contributed by atoms with van der Waals surface area (Å²) in [4.78, 5) is 16.7. The maximum absolute atomic E-state index is 12.3. The van der Waals surface area contributed by atoms with Crippen molar-refractivity contribution < 1.29 is 14.4 Å². The van der Waals surface area contributed by atoms with E-state index in [1.807, 2.05) is 37.3 Å². The van der Waals surface area contributed by atoms with Crippen LogP contribution in [-0.2, 0) is 6.42 Å². The second-order valence-electron chi connectivity index (χ2n) is 6.54. The molecule has 0 bridgehead atoms. The van der Waals surface area contributed by atoms with Crippen molar-refractivity contribution in [1.29, 1.82) is 0 Å². The number of benzene rings is 1. The summed E-state index contributed by atoms with van der Waals surface area (Å²) in [6.45, 7) is 2.28. The van der Waals surface area contributed by atoms with Crippen molar-refractivity contribution in [3.8, 4) is 0 Å². The van der Waals surface area contributed by atoms with Gasteiger partial charge in [0, 0.05) is 13.0 Å². The SMILES string of the molecule is CCCc1nc(C(NC(=O)NCC2(O)CCC2)c2ccccc2)no1. The van der Waals surface area contributed by atoms with Gasteiger partial charge in [-0.1, -0.05) is 42.4 Å². The highest BCUT2D eigenvalue weighted by Gasteiger charge is 2.34. The van der Waals surface area contributed by atoms with E-state index in [1.165, 1.54) is 0 Å². The number of aliphatic hydroxyl groups is 1. The van der Waals surface area contributed by atoms with Crippen LogP contribution in [-0.4, -0.2) is 33.4 Å².